The monoisotopic (exact) mass is 342 g/mol. The van der Waals surface area contributed by atoms with E-state index in [4.69, 9.17) is 5.73 Å². The topological polar surface area (TPSA) is 46.3 Å². The standard InChI is InChI=1S/C15H25F3N2O.ClH/c16-15(17,18)12-4-8-20(9-5-12)13(21)10-14(11-19)6-2-1-3-7-14;/h12H,1-11,19H2;1H. The number of carbonyl (C=O) groups excluding carboxylic acids is 1. The summed E-state index contributed by atoms with van der Waals surface area (Å²) < 4.78 is 37.9. The molecule has 1 saturated heterocycles. The molecule has 7 heteroatoms. The molecule has 2 fully saturated rings. The maximum atomic E-state index is 12.6. The van der Waals surface area contributed by atoms with E-state index < -0.39 is 12.1 Å². The van der Waals surface area contributed by atoms with Gasteiger partial charge < -0.3 is 10.6 Å². The number of carbonyl (C=O) groups is 1. The number of likely N-dealkylation sites (tertiary alicyclic amines) is 1. The molecule has 0 unspecified atom stereocenters. The number of amides is 1. The molecule has 1 aliphatic carbocycles. The number of hydrogen-bond acceptors (Lipinski definition) is 2. The quantitative estimate of drug-likeness (QED) is 0.853. The molecule has 130 valence electrons. The van der Waals surface area contributed by atoms with Crippen LogP contribution < -0.4 is 5.73 Å². The maximum absolute atomic E-state index is 12.6. The number of nitrogens with two attached hydrogens (primary N) is 1. The molecule has 0 bridgehead atoms. The lowest BCUT2D eigenvalue weighted by atomic mass is 9.71. The number of halogens is 4. The van der Waals surface area contributed by atoms with Crippen LogP contribution in [0.5, 0.6) is 0 Å². The first-order valence-electron chi connectivity index (χ1n) is 7.91. The average molecular weight is 343 g/mol. The van der Waals surface area contributed by atoms with E-state index in [0.29, 0.717) is 13.0 Å². The van der Waals surface area contributed by atoms with E-state index in [1.807, 2.05) is 0 Å². The van der Waals surface area contributed by atoms with Gasteiger partial charge >= 0.3 is 6.18 Å². The van der Waals surface area contributed by atoms with Crippen molar-refractivity contribution < 1.29 is 18.0 Å². The number of nitrogens with zero attached hydrogens (tertiary/aromatic N) is 1. The van der Waals surface area contributed by atoms with E-state index in [-0.39, 0.29) is 49.7 Å². The summed E-state index contributed by atoms with van der Waals surface area (Å²) in [7, 11) is 0. The predicted octanol–water partition coefficient (Wildman–Crippen LogP) is 3.51. The summed E-state index contributed by atoms with van der Waals surface area (Å²) in [6, 6.07) is 0. The SMILES string of the molecule is Cl.NCC1(CC(=O)N2CCC(C(F)(F)F)CC2)CCCCC1. The zero-order valence-electron chi connectivity index (χ0n) is 12.8. The fourth-order valence-corrected chi connectivity index (χ4v) is 3.64. The van der Waals surface area contributed by atoms with Crippen LogP contribution >= 0.6 is 12.4 Å². The fourth-order valence-electron chi connectivity index (χ4n) is 3.64. The highest BCUT2D eigenvalue weighted by molar-refractivity contribution is 5.85. The van der Waals surface area contributed by atoms with Gasteiger partial charge in [-0.15, -0.1) is 12.4 Å². The average Bonchev–Trinajstić information content (AvgIpc) is 2.47. The Hall–Kier alpha value is -0.490. The van der Waals surface area contributed by atoms with Crippen LogP contribution in [0.4, 0.5) is 13.2 Å². The van der Waals surface area contributed by atoms with Crippen molar-refractivity contribution in [3.05, 3.63) is 0 Å². The third-order valence-electron chi connectivity index (χ3n) is 5.18. The van der Waals surface area contributed by atoms with E-state index in [2.05, 4.69) is 0 Å². The van der Waals surface area contributed by atoms with Gasteiger partial charge in [0.15, 0.2) is 0 Å². The number of alkyl halides is 3. The molecule has 3 nitrogen and oxygen atoms in total. The summed E-state index contributed by atoms with van der Waals surface area (Å²) in [4.78, 5) is 14.0. The van der Waals surface area contributed by atoms with Crippen LogP contribution in [-0.2, 0) is 4.79 Å². The van der Waals surface area contributed by atoms with E-state index in [1.165, 1.54) is 6.42 Å². The van der Waals surface area contributed by atoms with Gasteiger partial charge in [-0.05, 0) is 37.6 Å². The predicted molar refractivity (Wildman–Crippen MR) is 81.8 cm³/mol. The third-order valence-corrected chi connectivity index (χ3v) is 5.18. The summed E-state index contributed by atoms with van der Waals surface area (Å²) in [5, 5.41) is 0. The van der Waals surface area contributed by atoms with E-state index in [0.717, 1.165) is 25.7 Å². The van der Waals surface area contributed by atoms with Gasteiger partial charge in [0.05, 0.1) is 5.92 Å². The van der Waals surface area contributed by atoms with Crippen LogP contribution in [0.2, 0.25) is 0 Å². The molecule has 0 radical (unpaired) electrons. The zero-order valence-corrected chi connectivity index (χ0v) is 13.6. The summed E-state index contributed by atoms with van der Waals surface area (Å²) in [5.74, 6) is -1.26. The second-order valence-corrected chi connectivity index (χ2v) is 6.64. The molecule has 0 aromatic rings. The molecule has 1 saturated carbocycles. The van der Waals surface area contributed by atoms with Crippen LogP contribution in [-0.4, -0.2) is 36.6 Å². The maximum Gasteiger partial charge on any atom is 0.391 e. The van der Waals surface area contributed by atoms with Gasteiger partial charge in [0.1, 0.15) is 0 Å². The summed E-state index contributed by atoms with van der Waals surface area (Å²) in [6.07, 6.45) is 1.66. The third kappa shape index (κ3) is 4.75. The Morgan fingerprint density at radius 1 is 1.14 bits per heavy atom. The van der Waals surface area contributed by atoms with Crippen molar-refractivity contribution in [2.45, 2.75) is 57.5 Å². The largest absolute Gasteiger partial charge is 0.391 e. The lowest BCUT2D eigenvalue weighted by Gasteiger charge is -2.39. The van der Waals surface area contributed by atoms with Crippen molar-refractivity contribution in [1.82, 2.24) is 4.90 Å². The number of hydrogen-bond donors (Lipinski definition) is 1. The molecular formula is C15H26ClF3N2O. The van der Waals surface area contributed by atoms with Crippen molar-refractivity contribution in [3.8, 4) is 0 Å². The molecule has 2 N–H and O–H groups in total. The summed E-state index contributed by atoms with van der Waals surface area (Å²) >= 11 is 0. The van der Waals surface area contributed by atoms with Crippen molar-refractivity contribution >= 4 is 18.3 Å². The molecular weight excluding hydrogens is 317 g/mol. The highest BCUT2D eigenvalue weighted by Crippen LogP contribution is 2.40. The van der Waals surface area contributed by atoms with Gasteiger partial charge in [0.25, 0.3) is 0 Å². The van der Waals surface area contributed by atoms with Crippen molar-refractivity contribution in [2.24, 2.45) is 17.1 Å². The molecule has 0 atom stereocenters. The van der Waals surface area contributed by atoms with Gasteiger partial charge in [0.2, 0.25) is 5.91 Å². The van der Waals surface area contributed by atoms with Crippen molar-refractivity contribution in [1.29, 1.82) is 0 Å². The molecule has 0 aromatic heterocycles. The Labute approximate surface area is 136 Å². The van der Waals surface area contributed by atoms with Gasteiger partial charge in [0, 0.05) is 19.5 Å². The summed E-state index contributed by atoms with van der Waals surface area (Å²) in [6.45, 7) is 0.949. The second-order valence-electron chi connectivity index (χ2n) is 6.64. The second kappa shape index (κ2) is 7.86. The Balaban J connectivity index is 0.00000242. The molecule has 1 aliphatic heterocycles. The van der Waals surface area contributed by atoms with Crippen molar-refractivity contribution in [3.63, 3.8) is 0 Å². The highest BCUT2D eigenvalue weighted by Gasteiger charge is 2.42. The highest BCUT2D eigenvalue weighted by atomic mass is 35.5. The Morgan fingerprint density at radius 3 is 2.14 bits per heavy atom. The smallest absolute Gasteiger partial charge is 0.343 e. The Kier molecular flexibility index (Phi) is 6.99. The molecule has 22 heavy (non-hydrogen) atoms. The molecule has 0 aromatic carbocycles. The molecule has 2 rings (SSSR count). The number of piperidine rings is 1. The molecule has 1 heterocycles. The lowest BCUT2D eigenvalue weighted by molar-refractivity contribution is -0.186. The Bertz CT molecular complexity index is 362. The first-order valence-corrected chi connectivity index (χ1v) is 7.91. The number of rotatable bonds is 3. The first kappa shape index (κ1) is 19.6. The van der Waals surface area contributed by atoms with Crippen LogP contribution in [0.1, 0.15) is 51.4 Å². The minimum absolute atomic E-state index is 0. The minimum Gasteiger partial charge on any atom is -0.343 e. The van der Waals surface area contributed by atoms with Gasteiger partial charge in [-0.3, -0.25) is 4.79 Å². The van der Waals surface area contributed by atoms with E-state index in [9.17, 15) is 18.0 Å². The fraction of sp³-hybridized carbons (Fsp3) is 0.933. The molecule has 2 aliphatic rings. The van der Waals surface area contributed by atoms with Gasteiger partial charge in [-0.25, -0.2) is 0 Å². The van der Waals surface area contributed by atoms with E-state index >= 15 is 0 Å². The van der Waals surface area contributed by atoms with E-state index in [1.54, 1.807) is 4.90 Å². The van der Waals surface area contributed by atoms with Crippen LogP contribution in [0.25, 0.3) is 0 Å². The van der Waals surface area contributed by atoms with Gasteiger partial charge in [-0.1, -0.05) is 19.3 Å². The minimum atomic E-state index is -4.13. The Morgan fingerprint density at radius 2 is 1.68 bits per heavy atom. The lowest BCUT2D eigenvalue weighted by Crippen LogP contribution is -2.45. The van der Waals surface area contributed by atoms with Crippen LogP contribution in [0, 0.1) is 11.3 Å². The molecule has 0 spiro atoms. The van der Waals surface area contributed by atoms with Crippen LogP contribution in [0.3, 0.4) is 0 Å². The summed E-state index contributed by atoms with van der Waals surface area (Å²) in [5.41, 5.74) is 5.76. The van der Waals surface area contributed by atoms with Crippen molar-refractivity contribution in [2.75, 3.05) is 19.6 Å². The molecule has 1 amide bonds. The van der Waals surface area contributed by atoms with Gasteiger partial charge in [-0.2, -0.15) is 13.2 Å². The first-order chi connectivity index (χ1) is 9.86. The zero-order chi connectivity index (χ0) is 15.5. The normalized spacial score (nSPS) is 23.0. The van der Waals surface area contributed by atoms with Crippen LogP contribution in [0.15, 0.2) is 0 Å².